The molecule has 0 aliphatic carbocycles. The number of aliphatic hydroxyl groups excluding tert-OH is 1. The van der Waals surface area contributed by atoms with Gasteiger partial charge < -0.3 is 14.6 Å². The van der Waals surface area contributed by atoms with Gasteiger partial charge in [0.1, 0.15) is 5.75 Å². The van der Waals surface area contributed by atoms with Crippen LogP contribution in [-0.2, 0) is 11.2 Å². The van der Waals surface area contributed by atoms with Gasteiger partial charge in [-0.1, -0.05) is 18.2 Å². The molecule has 1 aliphatic rings. The molecule has 17 heavy (non-hydrogen) atoms. The molecule has 1 aromatic carbocycles. The summed E-state index contributed by atoms with van der Waals surface area (Å²) in [6.07, 6.45) is 2.69. The van der Waals surface area contributed by atoms with Gasteiger partial charge >= 0.3 is 0 Å². The molecule has 1 heterocycles. The van der Waals surface area contributed by atoms with Crippen LogP contribution in [0.3, 0.4) is 0 Å². The van der Waals surface area contributed by atoms with E-state index in [1.165, 1.54) is 5.56 Å². The highest BCUT2D eigenvalue weighted by molar-refractivity contribution is 5.34. The Morgan fingerprint density at radius 1 is 1.29 bits per heavy atom. The molecule has 1 saturated heterocycles. The fourth-order valence-corrected chi connectivity index (χ4v) is 2.45. The Balaban J connectivity index is 2.17. The maximum absolute atomic E-state index is 9.67. The first kappa shape index (κ1) is 12.4. The summed E-state index contributed by atoms with van der Waals surface area (Å²) in [6.45, 7) is 1.71. The Bertz CT molecular complexity index is 356. The van der Waals surface area contributed by atoms with Crippen LogP contribution < -0.4 is 4.74 Å². The largest absolute Gasteiger partial charge is 0.496 e. The second-order valence-electron chi connectivity index (χ2n) is 4.76. The minimum atomic E-state index is -0.0348. The zero-order valence-corrected chi connectivity index (χ0v) is 10.3. The first-order valence-corrected chi connectivity index (χ1v) is 6.10. The Labute approximate surface area is 102 Å². The van der Waals surface area contributed by atoms with Gasteiger partial charge in [0.15, 0.2) is 0 Å². The summed E-state index contributed by atoms with van der Waals surface area (Å²) >= 11 is 0. The molecule has 1 N–H and O–H groups in total. The lowest BCUT2D eigenvalue weighted by atomic mass is 9.76. The second kappa shape index (κ2) is 5.52. The molecule has 1 aromatic rings. The van der Waals surface area contributed by atoms with Crippen molar-refractivity contribution in [2.45, 2.75) is 19.3 Å². The van der Waals surface area contributed by atoms with Crippen LogP contribution in [-0.4, -0.2) is 32.0 Å². The van der Waals surface area contributed by atoms with E-state index in [-0.39, 0.29) is 12.0 Å². The Morgan fingerprint density at radius 3 is 2.65 bits per heavy atom. The van der Waals surface area contributed by atoms with Gasteiger partial charge in [0, 0.05) is 25.2 Å². The molecule has 0 radical (unpaired) electrons. The minimum absolute atomic E-state index is 0.0348. The third-order valence-corrected chi connectivity index (χ3v) is 3.65. The van der Waals surface area contributed by atoms with Crippen LogP contribution >= 0.6 is 0 Å². The van der Waals surface area contributed by atoms with Crippen molar-refractivity contribution in [3.63, 3.8) is 0 Å². The van der Waals surface area contributed by atoms with Gasteiger partial charge in [0.2, 0.25) is 0 Å². The smallest absolute Gasteiger partial charge is 0.122 e. The van der Waals surface area contributed by atoms with E-state index in [9.17, 15) is 5.11 Å². The van der Waals surface area contributed by atoms with Crippen LogP contribution in [0.15, 0.2) is 24.3 Å². The predicted molar refractivity (Wildman–Crippen MR) is 66.3 cm³/mol. The van der Waals surface area contributed by atoms with Gasteiger partial charge in [-0.15, -0.1) is 0 Å². The number of para-hydroxylation sites is 1. The van der Waals surface area contributed by atoms with Gasteiger partial charge in [-0.2, -0.15) is 0 Å². The van der Waals surface area contributed by atoms with Crippen molar-refractivity contribution in [2.75, 3.05) is 26.9 Å². The van der Waals surface area contributed by atoms with Gasteiger partial charge in [-0.05, 0) is 30.9 Å². The van der Waals surface area contributed by atoms with Crippen LogP contribution in [0.2, 0.25) is 0 Å². The molecule has 0 amide bonds. The third-order valence-electron chi connectivity index (χ3n) is 3.65. The molecule has 0 bridgehead atoms. The Morgan fingerprint density at radius 2 is 2.00 bits per heavy atom. The molecule has 0 atom stereocenters. The third kappa shape index (κ3) is 2.79. The quantitative estimate of drug-likeness (QED) is 0.869. The monoisotopic (exact) mass is 236 g/mol. The number of aliphatic hydroxyl groups is 1. The number of hydrogen-bond donors (Lipinski definition) is 1. The van der Waals surface area contributed by atoms with Crippen LogP contribution in [0.1, 0.15) is 18.4 Å². The van der Waals surface area contributed by atoms with Gasteiger partial charge in [0.05, 0.1) is 7.11 Å². The van der Waals surface area contributed by atoms with Crippen molar-refractivity contribution in [1.82, 2.24) is 0 Å². The molecule has 2 rings (SSSR count). The Kier molecular flexibility index (Phi) is 4.02. The first-order valence-electron chi connectivity index (χ1n) is 6.10. The SMILES string of the molecule is COc1ccccc1CC1(CO)CCOCC1. The van der Waals surface area contributed by atoms with Crippen molar-refractivity contribution < 1.29 is 14.6 Å². The summed E-state index contributed by atoms with van der Waals surface area (Å²) in [5, 5.41) is 9.67. The first-order chi connectivity index (χ1) is 8.29. The fraction of sp³-hybridized carbons (Fsp3) is 0.571. The highest BCUT2D eigenvalue weighted by atomic mass is 16.5. The summed E-state index contributed by atoms with van der Waals surface area (Å²) < 4.78 is 10.7. The van der Waals surface area contributed by atoms with Gasteiger partial charge in [-0.25, -0.2) is 0 Å². The summed E-state index contributed by atoms with van der Waals surface area (Å²) in [6, 6.07) is 8.03. The second-order valence-corrected chi connectivity index (χ2v) is 4.76. The molecule has 0 unspecified atom stereocenters. The van der Waals surface area contributed by atoms with E-state index >= 15 is 0 Å². The van der Waals surface area contributed by atoms with Crippen molar-refractivity contribution >= 4 is 0 Å². The van der Waals surface area contributed by atoms with Crippen molar-refractivity contribution in [1.29, 1.82) is 0 Å². The summed E-state index contributed by atoms with van der Waals surface area (Å²) in [4.78, 5) is 0. The lowest BCUT2D eigenvalue weighted by Gasteiger charge is -2.35. The topological polar surface area (TPSA) is 38.7 Å². The van der Waals surface area contributed by atoms with E-state index in [1.807, 2.05) is 18.2 Å². The summed E-state index contributed by atoms with van der Waals surface area (Å²) in [5.74, 6) is 0.909. The predicted octanol–water partition coefficient (Wildman–Crippen LogP) is 2.03. The highest BCUT2D eigenvalue weighted by Crippen LogP contribution is 2.36. The molecular weight excluding hydrogens is 216 g/mol. The highest BCUT2D eigenvalue weighted by Gasteiger charge is 2.32. The van der Waals surface area contributed by atoms with E-state index in [1.54, 1.807) is 7.11 Å². The van der Waals surface area contributed by atoms with E-state index in [0.29, 0.717) is 0 Å². The van der Waals surface area contributed by atoms with E-state index in [2.05, 4.69) is 6.07 Å². The zero-order chi connectivity index (χ0) is 12.1. The van der Waals surface area contributed by atoms with E-state index in [4.69, 9.17) is 9.47 Å². The van der Waals surface area contributed by atoms with Gasteiger partial charge in [0.25, 0.3) is 0 Å². The van der Waals surface area contributed by atoms with E-state index in [0.717, 1.165) is 38.2 Å². The maximum Gasteiger partial charge on any atom is 0.122 e. The number of hydrogen-bond acceptors (Lipinski definition) is 3. The van der Waals surface area contributed by atoms with Gasteiger partial charge in [-0.3, -0.25) is 0 Å². The van der Waals surface area contributed by atoms with Crippen LogP contribution in [0.5, 0.6) is 5.75 Å². The standard InChI is InChI=1S/C14H20O3/c1-16-13-5-3-2-4-12(13)10-14(11-15)6-8-17-9-7-14/h2-5,15H,6-11H2,1H3. The molecule has 3 nitrogen and oxygen atoms in total. The average Bonchev–Trinajstić information content (AvgIpc) is 2.40. The zero-order valence-electron chi connectivity index (χ0n) is 10.3. The Hall–Kier alpha value is -1.06. The number of methoxy groups -OCH3 is 1. The molecule has 1 aliphatic heterocycles. The average molecular weight is 236 g/mol. The summed E-state index contributed by atoms with van der Waals surface area (Å²) in [5.41, 5.74) is 1.14. The normalized spacial score (nSPS) is 18.9. The van der Waals surface area contributed by atoms with Crippen molar-refractivity contribution in [3.8, 4) is 5.75 Å². The van der Waals surface area contributed by atoms with Crippen LogP contribution in [0.25, 0.3) is 0 Å². The van der Waals surface area contributed by atoms with Crippen LogP contribution in [0, 0.1) is 5.41 Å². The van der Waals surface area contributed by atoms with E-state index < -0.39 is 0 Å². The summed E-state index contributed by atoms with van der Waals surface area (Å²) in [7, 11) is 1.69. The maximum atomic E-state index is 9.67. The fourth-order valence-electron chi connectivity index (χ4n) is 2.45. The molecule has 3 heteroatoms. The number of rotatable bonds is 4. The molecule has 94 valence electrons. The minimum Gasteiger partial charge on any atom is -0.496 e. The molecule has 0 saturated carbocycles. The lowest BCUT2D eigenvalue weighted by Crippen LogP contribution is -2.35. The number of ether oxygens (including phenoxy) is 2. The van der Waals surface area contributed by atoms with Crippen LogP contribution in [0.4, 0.5) is 0 Å². The van der Waals surface area contributed by atoms with Crippen molar-refractivity contribution in [2.24, 2.45) is 5.41 Å². The lowest BCUT2D eigenvalue weighted by molar-refractivity contribution is -0.0159. The van der Waals surface area contributed by atoms with Crippen molar-refractivity contribution in [3.05, 3.63) is 29.8 Å². The molecule has 0 spiro atoms. The molecule has 0 aromatic heterocycles. The molecular formula is C14H20O3. The number of benzene rings is 1. The molecule has 1 fully saturated rings.